The van der Waals surface area contributed by atoms with E-state index in [9.17, 15) is 4.79 Å². The van der Waals surface area contributed by atoms with Crippen LogP contribution in [0.5, 0.6) is 0 Å². The van der Waals surface area contributed by atoms with Gasteiger partial charge in [0.1, 0.15) is 0 Å². The van der Waals surface area contributed by atoms with Crippen LogP contribution >= 0.6 is 0 Å². The largest absolute Gasteiger partial charge is 0.382 e. The van der Waals surface area contributed by atoms with Gasteiger partial charge in [-0.2, -0.15) is 5.10 Å². The lowest BCUT2D eigenvalue weighted by Gasteiger charge is -2.17. The first-order valence-electron chi connectivity index (χ1n) is 10.1. The van der Waals surface area contributed by atoms with Gasteiger partial charge in [0, 0.05) is 44.3 Å². The Kier molecular flexibility index (Phi) is 4.77. The van der Waals surface area contributed by atoms with Crippen molar-refractivity contribution in [2.24, 2.45) is 0 Å². The maximum Gasteiger partial charge on any atom is 0.256 e. The molecule has 0 bridgehead atoms. The van der Waals surface area contributed by atoms with E-state index in [0.29, 0.717) is 13.1 Å². The minimum Gasteiger partial charge on any atom is -0.382 e. The van der Waals surface area contributed by atoms with Gasteiger partial charge in [-0.05, 0) is 48.2 Å². The molecule has 29 heavy (non-hydrogen) atoms. The second-order valence-corrected chi connectivity index (χ2v) is 7.63. The van der Waals surface area contributed by atoms with Crippen LogP contribution in [0, 0.1) is 0 Å². The Bertz CT molecular complexity index is 992. The number of carbonyl (C=O) groups excluding carboxylic acids is 1. The number of carbonyl (C=O) groups is 1. The first-order chi connectivity index (χ1) is 14.3. The number of amides is 1. The van der Waals surface area contributed by atoms with Gasteiger partial charge >= 0.3 is 0 Å². The van der Waals surface area contributed by atoms with Gasteiger partial charge in [0.2, 0.25) is 0 Å². The van der Waals surface area contributed by atoms with E-state index in [0.717, 1.165) is 54.1 Å². The Hall–Kier alpha value is -3.12. The molecule has 0 radical (unpaired) electrons. The number of nitrogens with zero attached hydrogens (tertiary/aromatic N) is 3. The molecule has 0 spiro atoms. The SMILES string of the molecule is O=C1c2c(cccc2NCC2CCCO2)CN1Cc1ccc(-n2cccn2)cc1. The number of aromatic nitrogens is 2. The molecule has 2 aliphatic rings. The highest BCUT2D eigenvalue weighted by Gasteiger charge is 2.30. The molecule has 3 aromatic rings. The zero-order valence-electron chi connectivity index (χ0n) is 16.3. The van der Waals surface area contributed by atoms with Gasteiger partial charge in [-0.15, -0.1) is 0 Å². The second kappa shape index (κ2) is 7.72. The molecular formula is C23H24N4O2. The molecule has 1 atom stereocenters. The summed E-state index contributed by atoms with van der Waals surface area (Å²) in [6, 6.07) is 16.1. The fraction of sp³-hybridized carbons (Fsp3) is 0.304. The van der Waals surface area contributed by atoms with Crippen LogP contribution in [-0.2, 0) is 17.8 Å². The zero-order chi connectivity index (χ0) is 19.6. The smallest absolute Gasteiger partial charge is 0.256 e. The van der Waals surface area contributed by atoms with Crippen LogP contribution in [0.25, 0.3) is 5.69 Å². The summed E-state index contributed by atoms with van der Waals surface area (Å²) < 4.78 is 7.52. The fourth-order valence-corrected chi connectivity index (χ4v) is 4.12. The minimum absolute atomic E-state index is 0.0894. The van der Waals surface area contributed by atoms with Crippen LogP contribution in [-0.4, -0.2) is 39.8 Å². The molecule has 2 aliphatic heterocycles. The van der Waals surface area contributed by atoms with Gasteiger partial charge in [0.25, 0.3) is 5.91 Å². The number of anilines is 1. The van der Waals surface area contributed by atoms with Gasteiger partial charge in [-0.3, -0.25) is 4.79 Å². The molecule has 6 heteroatoms. The maximum absolute atomic E-state index is 13.1. The lowest BCUT2D eigenvalue weighted by atomic mass is 10.1. The lowest BCUT2D eigenvalue weighted by Crippen LogP contribution is -2.24. The summed E-state index contributed by atoms with van der Waals surface area (Å²) in [7, 11) is 0. The van der Waals surface area contributed by atoms with E-state index < -0.39 is 0 Å². The van der Waals surface area contributed by atoms with E-state index >= 15 is 0 Å². The second-order valence-electron chi connectivity index (χ2n) is 7.63. The standard InChI is InChI=1S/C23H24N4O2/c28-23-22-18(4-1-6-21(22)24-14-20-5-2-13-29-20)16-26(23)15-17-7-9-19(10-8-17)27-12-3-11-25-27/h1,3-4,6-12,20,24H,2,5,13-16H2. The first-order valence-corrected chi connectivity index (χ1v) is 10.1. The Labute approximate surface area is 170 Å². The van der Waals surface area contributed by atoms with Crippen molar-refractivity contribution in [2.75, 3.05) is 18.5 Å². The first kappa shape index (κ1) is 17.9. The summed E-state index contributed by atoms with van der Waals surface area (Å²) in [6.07, 6.45) is 6.12. The van der Waals surface area contributed by atoms with Crippen molar-refractivity contribution < 1.29 is 9.53 Å². The monoisotopic (exact) mass is 388 g/mol. The van der Waals surface area contributed by atoms with Crippen LogP contribution in [0.15, 0.2) is 60.9 Å². The van der Waals surface area contributed by atoms with Crippen LogP contribution < -0.4 is 5.32 Å². The van der Waals surface area contributed by atoms with E-state index in [-0.39, 0.29) is 12.0 Å². The Balaban J connectivity index is 1.28. The number of nitrogens with one attached hydrogen (secondary N) is 1. The number of rotatable bonds is 6. The van der Waals surface area contributed by atoms with Gasteiger partial charge in [-0.1, -0.05) is 24.3 Å². The third kappa shape index (κ3) is 3.63. The molecule has 6 nitrogen and oxygen atoms in total. The van der Waals surface area contributed by atoms with Crippen LogP contribution in [0.1, 0.15) is 34.3 Å². The number of ether oxygens (including phenoxy) is 1. The van der Waals surface area contributed by atoms with E-state index in [1.54, 1.807) is 6.20 Å². The predicted molar refractivity (Wildman–Crippen MR) is 111 cm³/mol. The van der Waals surface area contributed by atoms with E-state index in [1.165, 1.54) is 0 Å². The number of fused-ring (bicyclic) bond motifs is 1. The molecule has 1 unspecified atom stereocenters. The molecule has 1 fully saturated rings. The topological polar surface area (TPSA) is 59.4 Å². The molecule has 2 aromatic carbocycles. The number of hydrogen-bond acceptors (Lipinski definition) is 4. The lowest BCUT2D eigenvalue weighted by molar-refractivity contribution is 0.0767. The van der Waals surface area contributed by atoms with Crippen molar-refractivity contribution in [3.05, 3.63) is 77.6 Å². The average molecular weight is 388 g/mol. The third-order valence-corrected chi connectivity index (χ3v) is 5.64. The Morgan fingerprint density at radius 1 is 1.14 bits per heavy atom. The Morgan fingerprint density at radius 2 is 2.03 bits per heavy atom. The van der Waals surface area contributed by atoms with Crippen LogP contribution in [0.3, 0.4) is 0 Å². The zero-order valence-corrected chi connectivity index (χ0v) is 16.3. The minimum atomic E-state index is 0.0894. The van der Waals surface area contributed by atoms with Crippen molar-refractivity contribution >= 4 is 11.6 Å². The van der Waals surface area contributed by atoms with Crippen LogP contribution in [0.2, 0.25) is 0 Å². The van der Waals surface area contributed by atoms with Gasteiger partial charge in [0.05, 0.1) is 17.4 Å². The normalized spacial score (nSPS) is 18.3. The predicted octanol–water partition coefficient (Wildman–Crippen LogP) is 3.62. The average Bonchev–Trinajstić information content (AvgIpc) is 3.50. The van der Waals surface area contributed by atoms with Crippen LogP contribution in [0.4, 0.5) is 5.69 Å². The van der Waals surface area contributed by atoms with Gasteiger partial charge in [0.15, 0.2) is 0 Å². The quantitative estimate of drug-likeness (QED) is 0.701. The molecule has 1 N–H and O–H groups in total. The summed E-state index contributed by atoms with van der Waals surface area (Å²) in [5.41, 5.74) is 4.92. The summed E-state index contributed by atoms with van der Waals surface area (Å²) in [5, 5.41) is 7.69. The molecule has 148 valence electrons. The Morgan fingerprint density at radius 3 is 2.79 bits per heavy atom. The molecule has 0 aliphatic carbocycles. The highest BCUT2D eigenvalue weighted by molar-refractivity contribution is 6.03. The molecule has 5 rings (SSSR count). The summed E-state index contributed by atoms with van der Waals surface area (Å²) in [6.45, 7) is 2.83. The highest BCUT2D eigenvalue weighted by atomic mass is 16.5. The molecule has 0 saturated carbocycles. The van der Waals surface area contributed by atoms with E-state index in [4.69, 9.17) is 4.74 Å². The third-order valence-electron chi connectivity index (χ3n) is 5.64. The number of hydrogen-bond donors (Lipinski definition) is 1. The van der Waals surface area contributed by atoms with Gasteiger partial charge in [-0.25, -0.2) is 4.68 Å². The number of benzene rings is 2. The maximum atomic E-state index is 13.1. The molecule has 1 amide bonds. The molecular weight excluding hydrogens is 364 g/mol. The van der Waals surface area contributed by atoms with Crippen molar-refractivity contribution in [1.29, 1.82) is 0 Å². The van der Waals surface area contributed by atoms with Gasteiger partial charge < -0.3 is 15.0 Å². The fourth-order valence-electron chi connectivity index (χ4n) is 4.12. The molecule has 1 aromatic heterocycles. The van der Waals surface area contributed by atoms with Crippen molar-refractivity contribution in [2.45, 2.75) is 32.0 Å². The summed E-state index contributed by atoms with van der Waals surface area (Å²) in [4.78, 5) is 15.0. The van der Waals surface area contributed by atoms with Crippen molar-refractivity contribution in [3.63, 3.8) is 0 Å². The molecule has 3 heterocycles. The highest BCUT2D eigenvalue weighted by Crippen LogP contribution is 2.31. The van der Waals surface area contributed by atoms with E-state index in [2.05, 4.69) is 22.5 Å². The van der Waals surface area contributed by atoms with Crippen molar-refractivity contribution in [1.82, 2.24) is 14.7 Å². The summed E-state index contributed by atoms with van der Waals surface area (Å²) >= 11 is 0. The van der Waals surface area contributed by atoms with E-state index in [1.807, 2.05) is 52.2 Å². The summed E-state index contributed by atoms with van der Waals surface area (Å²) in [5.74, 6) is 0.0894. The molecule has 1 saturated heterocycles. The van der Waals surface area contributed by atoms with Crippen molar-refractivity contribution in [3.8, 4) is 5.69 Å².